The molecule has 2 aromatic rings. The van der Waals surface area contributed by atoms with Gasteiger partial charge in [-0.25, -0.2) is 0 Å². The van der Waals surface area contributed by atoms with Crippen LogP contribution in [0.15, 0.2) is 16.7 Å². The summed E-state index contributed by atoms with van der Waals surface area (Å²) in [6, 6.07) is 4.66. The maximum absolute atomic E-state index is 5.39. The van der Waals surface area contributed by atoms with Gasteiger partial charge in [-0.15, -0.1) is 11.3 Å². The molecule has 2 aromatic heterocycles. The van der Waals surface area contributed by atoms with Crippen molar-refractivity contribution in [1.29, 1.82) is 0 Å². The van der Waals surface area contributed by atoms with E-state index in [4.69, 9.17) is 4.52 Å². The number of thiophene rings is 1. The Balaban J connectivity index is 1.49. The Bertz CT molecular complexity index is 653. The number of hydrogen-bond donors (Lipinski definition) is 0. The average molecular weight is 349 g/mol. The highest BCUT2D eigenvalue weighted by Gasteiger charge is 2.27. The second kappa shape index (κ2) is 7.76. The van der Waals surface area contributed by atoms with Gasteiger partial charge in [-0.2, -0.15) is 4.98 Å². The molecule has 1 aliphatic heterocycles. The minimum atomic E-state index is 0.173. The Morgan fingerprint density at radius 3 is 2.96 bits per heavy atom. The van der Waals surface area contributed by atoms with Gasteiger partial charge in [-0.1, -0.05) is 12.1 Å². The minimum Gasteiger partial charge on any atom is -0.338 e. The van der Waals surface area contributed by atoms with E-state index in [1.807, 2.05) is 18.3 Å². The Kier molecular flexibility index (Phi) is 5.69. The summed E-state index contributed by atoms with van der Waals surface area (Å²) >= 11 is 1.92. The van der Waals surface area contributed by atoms with Crippen molar-refractivity contribution in [3.05, 3.63) is 33.6 Å². The van der Waals surface area contributed by atoms with Crippen LogP contribution in [0.3, 0.4) is 0 Å². The van der Waals surface area contributed by atoms with Crippen LogP contribution in [0, 0.1) is 12.8 Å². The van der Waals surface area contributed by atoms with Crippen LogP contribution in [0.4, 0.5) is 0 Å². The first-order chi connectivity index (χ1) is 11.5. The average Bonchev–Trinajstić information content (AvgIpc) is 3.28. The van der Waals surface area contributed by atoms with Gasteiger partial charge >= 0.3 is 0 Å². The molecule has 0 aromatic carbocycles. The van der Waals surface area contributed by atoms with E-state index >= 15 is 0 Å². The lowest BCUT2D eigenvalue weighted by Gasteiger charge is -2.25. The molecule has 132 valence electrons. The maximum atomic E-state index is 5.39. The number of likely N-dealkylation sites (tertiary alicyclic amines) is 1. The summed E-state index contributed by atoms with van der Waals surface area (Å²) in [5, 5.41) is 4.01. The van der Waals surface area contributed by atoms with Crippen molar-refractivity contribution in [3.63, 3.8) is 0 Å². The molecular formula is C18H28N4OS. The van der Waals surface area contributed by atoms with E-state index in [-0.39, 0.29) is 6.04 Å². The van der Waals surface area contributed by atoms with Gasteiger partial charge in [0.25, 0.3) is 0 Å². The summed E-state index contributed by atoms with van der Waals surface area (Å²) in [5.74, 6) is 2.24. The van der Waals surface area contributed by atoms with Crippen LogP contribution in [0.1, 0.15) is 47.8 Å². The van der Waals surface area contributed by atoms with E-state index in [2.05, 4.69) is 53.0 Å². The maximum Gasteiger partial charge on any atom is 0.243 e. The lowest BCUT2D eigenvalue weighted by molar-refractivity contribution is 0.181. The smallest absolute Gasteiger partial charge is 0.243 e. The van der Waals surface area contributed by atoms with Crippen molar-refractivity contribution in [2.75, 3.05) is 26.7 Å². The monoisotopic (exact) mass is 348 g/mol. The van der Waals surface area contributed by atoms with E-state index in [1.165, 1.54) is 29.3 Å². The lowest BCUT2D eigenvalue weighted by atomic mass is 10.1. The zero-order valence-electron chi connectivity index (χ0n) is 15.2. The normalized spacial score (nSPS) is 20.1. The first kappa shape index (κ1) is 17.6. The third-order valence-electron chi connectivity index (χ3n) is 4.91. The van der Waals surface area contributed by atoms with Crippen LogP contribution in [0.2, 0.25) is 0 Å². The summed E-state index contributed by atoms with van der Waals surface area (Å²) < 4.78 is 5.39. The summed E-state index contributed by atoms with van der Waals surface area (Å²) in [7, 11) is 2.16. The molecule has 1 fully saturated rings. The third-order valence-corrected chi connectivity index (χ3v) is 5.90. The van der Waals surface area contributed by atoms with E-state index in [1.54, 1.807) is 0 Å². The van der Waals surface area contributed by atoms with Crippen molar-refractivity contribution < 1.29 is 4.52 Å². The largest absolute Gasteiger partial charge is 0.338 e. The Hall–Kier alpha value is -1.24. The van der Waals surface area contributed by atoms with Gasteiger partial charge in [0.15, 0.2) is 5.82 Å². The second-order valence-corrected chi connectivity index (χ2v) is 8.29. The molecule has 0 radical (unpaired) electrons. The molecule has 2 unspecified atom stereocenters. The van der Waals surface area contributed by atoms with Gasteiger partial charge < -0.3 is 4.52 Å². The van der Waals surface area contributed by atoms with Crippen molar-refractivity contribution in [3.8, 4) is 0 Å². The summed E-state index contributed by atoms with van der Waals surface area (Å²) in [4.78, 5) is 12.3. The number of hydrogen-bond acceptors (Lipinski definition) is 6. The standard InChI is InChI=1S/C18H28N4OS/c1-5-17-19-18(23-20-17)14(3)21(4)10-15-8-9-22(11-15)12-16-7-6-13(2)24-16/h6-7,14-15H,5,8-12H2,1-4H3. The van der Waals surface area contributed by atoms with Crippen molar-refractivity contribution in [1.82, 2.24) is 19.9 Å². The third kappa shape index (κ3) is 4.23. The fraction of sp³-hybridized carbons (Fsp3) is 0.667. The van der Waals surface area contributed by atoms with Crippen LogP contribution in [-0.4, -0.2) is 46.6 Å². The molecule has 1 aliphatic rings. The second-order valence-electron chi connectivity index (χ2n) is 6.92. The van der Waals surface area contributed by atoms with Crippen molar-refractivity contribution >= 4 is 11.3 Å². The summed E-state index contributed by atoms with van der Waals surface area (Å²) in [5.41, 5.74) is 0. The van der Waals surface area contributed by atoms with Crippen LogP contribution < -0.4 is 0 Å². The van der Waals surface area contributed by atoms with Crippen LogP contribution >= 0.6 is 11.3 Å². The molecular weight excluding hydrogens is 320 g/mol. The highest BCUT2D eigenvalue weighted by Crippen LogP contribution is 2.25. The molecule has 0 bridgehead atoms. The first-order valence-electron chi connectivity index (χ1n) is 8.85. The molecule has 3 heterocycles. The van der Waals surface area contributed by atoms with Crippen molar-refractivity contribution in [2.24, 2.45) is 5.92 Å². The van der Waals surface area contributed by atoms with E-state index in [0.717, 1.165) is 31.2 Å². The van der Waals surface area contributed by atoms with Gasteiger partial charge in [-0.05, 0) is 51.9 Å². The molecule has 1 saturated heterocycles. The van der Waals surface area contributed by atoms with Gasteiger partial charge in [0.05, 0.1) is 6.04 Å². The predicted molar refractivity (Wildman–Crippen MR) is 97.2 cm³/mol. The number of rotatable bonds is 7. The highest BCUT2D eigenvalue weighted by molar-refractivity contribution is 7.11. The number of aryl methyl sites for hydroxylation is 2. The zero-order valence-corrected chi connectivity index (χ0v) is 16.0. The molecule has 0 aliphatic carbocycles. The SMILES string of the molecule is CCc1noc(C(C)N(C)CC2CCN(Cc3ccc(C)s3)C2)n1. The van der Waals surface area contributed by atoms with Crippen molar-refractivity contribution in [2.45, 2.75) is 46.2 Å². The van der Waals surface area contributed by atoms with Gasteiger partial charge in [0.1, 0.15) is 0 Å². The summed E-state index contributed by atoms with van der Waals surface area (Å²) in [6.45, 7) is 10.9. The van der Waals surface area contributed by atoms with E-state index in [9.17, 15) is 0 Å². The molecule has 24 heavy (non-hydrogen) atoms. The van der Waals surface area contributed by atoms with Crippen LogP contribution in [0.25, 0.3) is 0 Å². The van der Waals surface area contributed by atoms with E-state index in [0.29, 0.717) is 5.92 Å². The Morgan fingerprint density at radius 1 is 1.46 bits per heavy atom. The molecule has 6 heteroatoms. The van der Waals surface area contributed by atoms with Crippen LogP contribution in [-0.2, 0) is 13.0 Å². The fourth-order valence-corrected chi connectivity index (χ4v) is 4.26. The molecule has 0 spiro atoms. The fourth-order valence-electron chi connectivity index (χ4n) is 3.33. The first-order valence-corrected chi connectivity index (χ1v) is 9.67. The number of aromatic nitrogens is 2. The molecule has 5 nitrogen and oxygen atoms in total. The summed E-state index contributed by atoms with van der Waals surface area (Å²) in [6.07, 6.45) is 2.09. The minimum absolute atomic E-state index is 0.173. The van der Waals surface area contributed by atoms with Gasteiger partial charge in [0.2, 0.25) is 5.89 Å². The molecule has 2 atom stereocenters. The number of nitrogens with zero attached hydrogens (tertiary/aromatic N) is 4. The molecule has 0 N–H and O–H groups in total. The molecule has 0 amide bonds. The topological polar surface area (TPSA) is 45.4 Å². The Labute approximate surface area is 148 Å². The van der Waals surface area contributed by atoms with Crippen LogP contribution in [0.5, 0.6) is 0 Å². The van der Waals surface area contributed by atoms with E-state index < -0.39 is 0 Å². The Morgan fingerprint density at radius 2 is 2.29 bits per heavy atom. The quantitative estimate of drug-likeness (QED) is 0.766. The zero-order chi connectivity index (χ0) is 17.1. The van der Waals surface area contributed by atoms with Gasteiger partial charge in [0, 0.05) is 35.8 Å². The molecule has 3 rings (SSSR count). The van der Waals surface area contributed by atoms with Gasteiger partial charge in [-0.3, -0.25) is 9.80 Å². The predicted octanol–water partition coefficient (Wildman–Crippen LogP) is 3.52. The molecule has 0 saturated carbocycles. The highest BCUT2D eigenvalue weighted by atomic mass is 32.1. The lowest BCUT2D eigenvalue weighted by Crippen LogP contribution is -2.30.